The van der Waals surface area contributed by atoms with Gasteiger partial charge in [0.15, 0.2) is 0 Å². The van der Waals surface area contributed by atoms with Crippen molar-refractivity contribution >= 4 is 28.0 Å². The van der Waals surface area contributed by atoms with Crippen molar-refractivity contribution in [2.45, 2.75) is 26.7 Å². The summed E-state index contributed by atoms with van der Waals surface area (Å²) in [6.07, 6.45) is 2.42. The van der Waals surface area contributed by atoms with Crippen LogP contribution in [-0.4, -0.2) is 26.2 Å². The molecule has 1 aromatic rings. The SMILES string of the molecule is COC(=O)c1sc(N2CCC(C(C)C)CC2)cc1N. The zero-order chi connectivity index (χ0) is 14.0. The Morgan fingerprint density at radius 2 is 2.11 bits per heavy atom. The highest BCUT2D eigenvalue weighted by Crippen LogP contribution is 2.35. The van der Waals surface area contributed by atoms with Gasteiger partial charge in [0, 0.05) is 13.1 Å². The zero-order valence-electron chi connectivity index (χ0n) is 11.8. The Bertz CT molecular complexity index is 448. The predicted molar refractivity (Wildman–Crippen MR) is 79.8 cm³/mol. The number of thiophene rings is 1. The molecule has 5 heteroatoms. The van der Waals surface area contributed by atoms with Gasteiger partial charge in [0.05, 0.1) is 17.8 Å². The van der Waals surface area contributed by atoms with Crippen LogP contribution in [0.1, 0.15) is 36.4 Å². The first-order valence-corrected chi connectivity index (χ1v) is 7.57. The summed E-state index contributed by atoms with van der Waals surface area (Å²) in [7, 11) is 1.38. The first-order chi connectivity index (χ1) is 9.02. The average Bonchev–Trinajstić information content (AvgIpc) is 2.80. The van der Waals surface area contributed by atoms with Crippen LogP contribution in [0.15, 0.2) is 6.07 Å². The molecule has 1 aliphatic heterocycles. The third-order valence-electron chi connectivity index (χ3n) is 3.91. The highest BCUT2D eigenvalue weighted by Gasteiger charge is 2.24. The number of methoxy groups -OCH3 is 1. The second-order valence-corrected chi connectivity index (χ2v) is 6.46. The van der Waals surface area contributed by atoms with E-state index in [1.165, 1.54) is 31.3 Å². The quantitative estimate of drug-likeness (QED) is 0.866. The third-order valence-corrected chi connectivity index (χ3v) is 5.10. The molecule has 2 heterocycles. The molecule has 0 radical (unpaired) electrons. The van der Waals surface area contributed by atoms with Crippen LogP contribution in [0.3, 0.4) is 0 Å². The number of nitrogens with two attached hydrogens (primary N) is 1. The number of hydrogen-bond acceptors (Lipinski definition) is 5. The molecule has 0 unspecified atom stereocenters. The number of ether oxygens (including phenoxy) is 1. The highest BCUT2D eigenvalue weighted by molar-refractivity contribution is 7.18. The number of carbonyl (C=O) groups excluding carboxylic acids is 1. The summed E-state index contributed by atoms with van der Waals surface area (Å²) < 4.78 is 4.74. The van der Waals surface area contributed by atoms with Crippen LogP contribution in [0.2, 0.25) is 0 Å². The van der Waals surface area contributed by atoms with Gasteiger partial charge in [-0.2, -0.15) is 0 Å². The Morgan fingerprint density at radius 1 is 1.47 bits per heavy atom. The number of piperidine rings is 1. The molecule has 0 atom stereocenters. The van der Waals surface area contributed by atoms with E-state index in [0.717, 1.165) is 29.9 Å². The minimum Gasteiger partial charge on any atom is -0.465 e. The summed E-state index contributed by atoms with van der Waals surface area (Å²) in [6, 6.07) is 1.90. The smallest absolute Gasteiger partial charge is 0.350 e. The molecule has 4 nitrogen and oxygen atoms in total. The van der Waals surface area contributed by atoms with Gasteiger partial charge >= 0.3 is 5.97 Å². The minimum absolute atomic E-state index is 0.342. The molecule has 0 bridgehead atoms. The summed E-state index contributed by atoms with van der Waals surface area (Å²) in [4.78, 5) is 14.4. The number of nitrogen functional groups attached to an aromatic ring is 1. The molecule has 19 heavy (non-hydrogen) atoms. The van der Waals surface area contributed by atoms with E-state index in [-0.39, 0.29) is 5.97 Å². The molecular formula is C14H22N2O2S. The van der Waals surface area contributed by atoms with Crippen LogP contribution in [0.4, 0.5) is 10.7 Å². The molecule has 0 aromatic carbocycles. The molecule has 0 amide bonds. The number of esters is 1. The topological polar surface area (TPSA) is 55.6 Å². The number of hydrogen-bond donors (Lipinski definition) is 1. The number of nitrogens with zero attached hydrogens (tertiary/aromatic N) is 1. The fourth-order valence-corrected chi connectivity index (χ4v) is 3.64. The Balaban J connectivity index is 2.06. The van der Waals surface area contributed by atoms with E-state index in [4.69, 9.17) is 10.5 Å². The van der Waals surface area contributed by atoms with Gasteiger partial charge in [0.25, 0.3) is 0 Å². The van der Waals surface area contributed by atoms with Crippen LogP contribution in [0, 0.1) is 11.8 Å². The Labute approximate surface area is 118 Å². The van der Waals surface area contributed by atoms with E-state index in [1.54, 1.807) is 0 Å². The van der Waals surface area contributed by atoms with Gasteiger partial charge in [-0.1, -0.05) is 13.8 Å². The largest absolute Gasteiger partial charge is 0.465 e. The molecule has 1 fully saturated rings. The van der Waals surface area contributed by atoms with E-state index in [1.807, 2.05) is 6.07 Å². The van der Waals surface area contributed by atoms with Gasteiger partial charge < -0.3 is 15.4 Å². The van der Waals surface area contributed by atoms with E-state index in [2.05, 4.69) is 18.7 Å². The van der Waals surface area contributed by atoms with Gasteiger partial charge in [0.1, 0.15) is 4.88 Å². The molecule has 2 N–H and O–H groups in total. The summed E-state index contributed by atoms with van der Waals surface area (Å²) in [5.74, 6) is 1.22. The molecule has 2 rings (SSSR count). The lowest BCUT2D eigenvalue weighted by atomic mass is 9.87. The monoisotopic (exact) mass is 282 g/mol. The summed E-state index contributed by atoms with van der Waals surface area (Å²) in [5.41, 5.74) is 6.41. The van der Waals surface area contributed by atoms with E-state index in [9.17, 15) is 4.79 Å². The summed E-state index contributed by atoms with van der Waals surface area (Å²) >= 11 is 1.43. The molecule has 106 valence electrons. The lowest BCUT2D eigenvalue weighted by Crippen LogP contribution is -2.34. The van der Waals surface area contributed by atoms with Crippen LogP contribution >= 0.6 is 11.3 Å². The van der Waals surface area contributed by atoms with E-state index in [0.29, 0.717) is 10.6 Å². The normalized spacial score (nSPS) is 16.9. The maximum Gasteiger partial charge on any atom is 0.350 e. The van der Waals surface area contributed by atoms with Gasteiger partial charge in [-0.3, -0.25) is 0 Å². The van der Waals surface area contributed by atoms with Crippen molar-refractivity contribution in [3.05, 3.63) is 10.9 Å². The number of anilines is 2. The summed E-state index contributed by atoms with van der Waals surface area (Å²) in [5, 5.41) is 1.08. The minimum atomic E-state index is -0.342. The van der Waals surface area contributed by atoms with Crippen molar-refractivity contribution < 1.29 is 9.53 Å². The molecule has 0 aliphatic carbocycles. The zero-order valence-corrected chi connectivity index (χ0v) is 12.6. The number of carbonyl (C=O) groups is 1. The lowest BCUT2D eigenvalue weighted by molar-refractivity contribution is 0.0607. The van der Waals surface area contributed by atoms with Crippen molar-refractivity contribution in [1.82, 2.24) is 0 Å². The van der Waals surface area contributed by atoms with Gasteiger partial charge in [-0.05, 0) is 30.7 Å². The van der Waals surface area contributed by atoms with Crippen LogP contribution < -0.4 is 10.6 Å². The second-order valence-electron chi connectivity index (χ2n) is 5.43. The Hall–Kier alpha value is -1.23. The maximum absolute atomic E-state index is 11.6. The Morgan fingerprint density at radius 3 is 2.63 bits per heavy atom. The first kappa shape index (κ1) is 14.2. The van der Waals surface area contributed by atoms with Crippen LogP contribution in [0.5, 0.6) is 0 Å². The highest BCUT2D eigenvalue weighted by atomic mass is 32.1. The third kappa shape index (κ3) is 3.03. The van der Waals surface area contributed by atoms with Gasteiger partial charge in [-0.15, -0.1) is 11.3 Å². The van der Waals surface area contributed by atoms with Crippen LogP contribution in [-0.2, 0) is 4.74 Å². The van der Waals surface area contributed by atoms with Crippen molar-refractivity contribution in [3.63, 3.8) is 0 Å². The Kier molecular flexibility index (Phi) is 4.34. The fourth-order valence-electron chi connectivity index (χ4n) is 2.59. The molecule has 0 spiro atoms. The lowest BCUT2D eigenvalue weighted by Gasteiger charge is -2.34. The molecule has 0 saturated carbocycles. The molecule has 1 aliphatic rings. The van der Waals surface area contributed by atoms with Crippen molar-refractivity contribution in [2.75, 3.05) is 30.8 Å². The van der Waals surface area contributed by atoms with Gasteiger partial charge in [-0.25, -0.2) is 4.79 Å². The van der Waals surface area contributed by atoms with Crippen LogP contribution in [0.25, 0.3) is 0 Å². The van der Waals surface area contributed by atoms with Crippen molar-refractivity contribution in [1.29, 1.82) is 0 Å². The average molecular weight is 282 g/mol. The molecule has 1 saturated heterocycles. The maximum atomic E-state index is 11.6. The second kappa shape index (κ2) is 5.82. The van der Waals surface area contributed by atoms with E-state index < -0.39 is 0 Å². The van der Waals surface area contributed by atoms with Crippen molar-refractivity contribution in [3.8, 4) is 0 Å². The number of rotatable bonds is 3. The predicted octanol–water partition coefficient (Wildman–Crippen LogP) is 2.99. The summed E-state index contributed by atoms with van der Waals surface area (Å²) in [6.45, 7) is 6.67. The van der Waals surface area contributed by atoms with Crippen molar-refractivity contribution in [2.24, 2.45) is 11.8 Å². The van der Waals surface area contributed by atoms with E-state index >= 15 is 0 Å². The fraction of sp³-hybridized carbons (Fsp3) is 0.643. The van der Waals surface area contributed by atoms with Gasteiger partial charge in [0.2, 0.25) is 0 Å². The molecule has 1 aromatic heterocycles. The standard InChI is InChI=1S/C14H22N2O2S/c1-9(2)10-4-6-16(7-5-10)12-8-11(15)13(19-12)14(17)18-3/h8-10H,4-7,15H2,1-3H3. The molecular weight excluding hydrogens is 260 g/mol. The first-order valence-electron chi connectivity index (χ1n) is 6.75.